The molecular weight excluding hydrogens is 180 g/mol. The predicted molar refractivity (Wildman–Crippen MR) is 51.3 cm³/mol. The van der Waals surface area contributed by atoms with Crippen molar-refractivity contribution in [1.82, 2.24) is 0 Å². The lowest BCUT2D eigenvalue weighted by Crippen LogP contribution is -1.97. The van der Waals surface area contributed by atoms with Crippen molar-refractivity contribution >= 4 is 5.97 Å². The van der Waals surface area contributed by atoms with E-state index in [1.54, 1.807) is 6.26 Å². The lowest BCUT2D eigenvalue weighted by Gasteiger charge is -2.00. The lowest BCUT2D eigenvalue weighted by atomic mass is 10.1. The van der Waals surface area contributed by atoms with Crippen molar-refractivity contribution in [3.05, 3.63) is 36.1 Å². The summed E-state index contributed by atoms with van der Waals surface area (Å²) in [7, 11) is 0. The van der Waals surface area contributed by atoms with Gasteiger partial charge in [-0.15, -0.1) is 0 Å². The highest BCUT2D eigenvalue weighted by molar-refractivity contribution is 5.69. The summed E-state index contributed by atoms with van der Waals surface area (Å²) in [5.41, 5.74) is 1.98. The Morgan fingerprint density at radius 1 is 1.36 bits per heavy atom. The third kappa shape index (κ3) is 1.62. The summed E-state index contributed by atoms with van der Waals surface area (Å²) in [5.74, 6) is 0.0176. The van der Waals surface area contributed by atoms with Gasteiger partial charge in [0.2, 0.25) is 0 Å². The predicted octanol–water partition coefficient (Wildman–Crippen LogP) is 2.40. The van der Waals surface area contributed by atoms with Gasteiger partial charge in [0.25, 0.3) is 0 Å². The average molecular weight is 190 g/mol. The smallest absolute Gasteiger partial charge is 0.303 e. The zero-order valence-electron chi connectivity index (χ0n) is 7.56. The molecule has 1 heterocycles. The summed E-state index contributed by atoms with van der Waals surface area (Å²) in [6.07, 6.45) is 2.27. The van der Waals surface area contributed by atoms with Gasteiger partial charge in [0, 0.05) is 12.0 Å². The first-order valence-electron chi connectivity index (χ1n) is 4.44. The molecule has 0 spiro atoms. The van der Waals surface area contributed by atoms with Gasteiger partial charge in [-0.1, -0.05) is 12.1 Å². The second-order valence-electron chi connectivity index (χ2n) is 3.15. The number of aryl methyl sites for hydroxylation is 1. The fourth-order valence-electron chi connectivity index (χ4n) is 1.49. The van der Waals surface area contributed by atoms with E-state index < -0.39 is 5.97 Å². The summed E-state index contributed by atoms with van der Waals surface area (Å²) in [6, 6.07) is 7.62. The molecular formula is C11H10O3. The number of carboxylic acids is 1. The molecule has 0 unspecified atom stereocenters. The molecule has 0 aromatic heterocycles. The standard InChI is InChI=1S/C11H10O3/c12-10(13)6-5-9-4-3-8-2-1-7-14-11(8)9/h1-4,7H,5-6H2,(H,12,13). The SMILES string of the molecule is O=C(O)CCc1ccc2cccoc1-2. The first-order valence-corrected chi connectivity index (χ1v) is 4.44. The van der Waals surface area contributed by atoms with Gasteiger partial charge >= 0.3 is 5.97 Å². The molecule has 3 heteroatoms. The summed E-state index contributed by atoms with van der Waals surface area (Å²) >= 11 is 0. The van der Waals surface area contributed by atoms with E-state index >= 15 is 0 Å². The molecule has 0 radical (unpaired) electrons. The number of carboxylic acid groups (broad SMARTS) is 1. The Labute approximate surface area is 81.3 Å². The molecule has 0 atom stereocenters. The Morgan fingerprint density at radius 2 is 2.21 bits per heavy atom. The van der Waals surface area contributed by atoms with Gasteiger partial charge in [0.1, 0.15) is 5.76 Å². The highest BCUT2D eigenvalue weighted by Crippen LogP contribution is 2.28. The number of rotatable bonds is 3. The monoisotopic (exact) mass is 190 g/mol. The van der Waals surface area contributed by atoms with E-state index in [-0.39, 0.29) is 6.42 Å². The Balaban J connectivity index is 2.23. The molecule has 1 aliphatic heterocycles. The van der Waals surface area contributed by atoms with Crippen LogP contribution in [-0.4, -0.2) is 11.1 Å². The molecule has 0 saturated heterocycles. The second kappa shape index (κ2) is 3.54. The molecule has 14 heavy (non-hydrogen) atoms. The van der Waals surface area contributed by atoms with Gasteiger partial charge in [0.15, 0.2) is 0 Å². The first-order chi connectivity index (χ1) is 6.77. The Kier molecular flexibility index (Phi) is 2.23. The van der Waals surface area contributed by atoms with Crippen LogP contribution in [0.2, 0.25) is 0 Å². The Hall–Kier alpha value is -1.77. The highest BCUT2D eigenvalue weighted by atomic mass is 16.4. The van der Waals surface area contributed by atoms with Crippen LogP contribution in [0.25, 0.3) is 11.3 Å². The number of hydrogen-bond donors (Lipinski definition) is 1. The van der Waals surface area contributed by atoms with Crippen molar-refractivity contribution in [1.29, 1.82) is 0 Å². The third-order valence-corrected chi connectivity index (χ3v) is 2.17. The molecule has 3 nitrogen and oxygen atoms in total. The highest BCUT2D eigenvalue weighted by Gasteiger charge is 2.11. The minimum Gasteiger partial charge on any atom is -0.481 e. The van der Waals surface area contributed by atoms with Crippen LogP contribution in [0.1, 0.15) is 12.0 Å². The van der Waals surface area contributed by atoms with Crippen LogP contribution in [0.5, 0.6) is 0 Å². The fourth-order valence-corrected chi connectivity index (χ4v) is 1.49. The van der Waals surface area contributed by atoms with E-state index in [9.17, 15) is 4.79 Å². The third-order valence-electron chi connectivity index (χ3n) is 2.17. The normalized spacial score (nSPS) is 10.6. The summed E-state index contributed by atoms with van der Waals surface area (Å²) in [4.78, 5) is 10.4. The Morgan fingerprint density at radius 3 is 3.00 bits per heavy atom. The van der Waals surface area contributed by atoms with E-state index in [0.717, 1.165) is 16.9 Å². The van der Waals surface area contributed by atoms with E-state index in [2.05, 4.69) is 0 Å². The van der Waals surface area contributed by atoms with Crippen molar-refractivity contribution in [2.24, 2.45) is 0 Å². The zero-order valence-corrected chi connectivity index (χ0v) is 7.56. The molecule has 0 bridgehead atoms. The number of carbonyl (C=O) groups is 1. The van der Waals surface area contributed by atoms with E-state index in [4.69, 9.17) is 9.52 Å². The lowest BCUT2D eigenvalue weighted by molar-refractivity contribution is -0.136. The molecule has 0 aromatic rings. The van der Waals surface area contributed by atoms with E-state index in [0.29, 0.717) is 6.42 Å². The molecule has 1 N–H and O–H groups in total. The molecule has 0 amide bonds. The van der Waals surface area contributed by atoms with Crippen LogP contribution in [0.4, 0.5) is 0 Å². The van der Waals surface area contributed by atoms with Gasteiger partial charge in [-0.25, -0.2) is 0 Å². The molecule has 2 aliphatic rings. The largest absolute Gasteiger partial charge is 0.481 e. The van der Waals surface area contributed by atoms with Crippen molar-refractivity contribution in [2.45, 2.75) is 12.8 Å². The van der Waals surface area contributed by atoms with Crippen LogP contribution >= 0.6 is 0 Å². The first kappa shape index (κ1) is 8.81. The van der Waals surface area contributed by atoms with E-state index in [1.807, 2.05) is 24.3 Å². The van der Waals surface area contributed by atoms with Crippen molar-refractivity contribution in [3.8, 4) is 11.3 Å². The zero-order chi connectivity index (χ0) is 9.97. The van der Waals surface area contributed by atoms with Crippen LogP contribution in [-0.2, 0) is 11.2 Å². The minimum atomic E-state index is -0.782. The van der Waals surface area contributed by atoms with Crippen molar-refractivity contribution < 1.29 is 14.3 Å². The number of hydrogen-bond acceptors (Lipinski definition) is 2. The quantitative estimate of drug-likeness (QED) is 0.808. The van der Waals surface area contributed by atoms with Crippen LogP contribution in [0, 0.1) is 0 Å². The molecule has 0 fully saturated rings. The molecule has 72 valence electrons. The van der Waals surface area contributed by atoms with Gasteiger partial charge in [-0.05, 0) is 24.1 Å². The van der Waals surface area contributed by atoms with Gasteiger partial charge in [0.05, 0.1) is 6.26 Å². The molecule has 2 rings (SSSR count). The van der Waals surface area contributed by atoms with Gasteiger partial charge < -0.3 is 9.52 Å². The van der Waals surface area contributed by atoms with Crippen LogP contribution < -0.4 is 0 Å². The molecule has 0 saturated carbocycles. The van der Waals surface area contributed by atoms with E-state index in [1.165, 1.54) is 0 Å². The van der Waals surface area contributed by atoms with Gasteiger partial charge in [-0.3, -0.25) is 4.79 Å². The van der Waals surface area contributed by atoms with Crippen LogP contribution in [0.3, 0.4) is 0 Å². The van der Waals surface area contributed by atoms with Gasteiger partial charge in [-0.2, -0.15) is 0 Å². The topological polar surface area (TPSA) is 50.4 Å². The molecule has 1 aliphatic carbocycles. The maximum absolute atomic E-state index is 10.4. The number of fused-ring (bicyclic) bond motifs is 1. The number of aliphatic carboxylic acids is 1. The second-order valence-corrected chi connectivity index (χ2v) is 3.15. The summed E-state index contributed by atoms with van der Waals surface area (Å²) in [6.45, 7) is 0. The average Bonchev–Trinajstić information content (AvgIpc) is 2.58. The summed E-state index contributed by atoms with van der Waals surface area (Å²) in [5, 5.41) is 8.55. The Bertz CT molecular complexity index is 417. The summed E-state index contributed by atoms with van der Waals surface area (Å²) < 4.78 is 5.32. The maximum Gasteiger partial charge on any atom is 0.303 e. The minimum absolute atomic E-state index is 0.142. The molecule has 0 aromatic carbocycles. The maximum atomic E-state index is 10.4. The van der Waals surface area contributed by atoms with Crippen molar-refractivity contribution in [3.63, 3.8) is 0 Å². The van der Waals surface area contributed by atoms with Crippen molar-refractivity contribution in [2.75, 3.05) is 0 Å². The fraction of sp³-hybridized carbons (Fsp3) is 0.182. The van der Waals surface area contributed by atoms with Crippen LogP contribution in [0.15, 0.2) is 34.9 Å².